The number of carbonyl (C=O) groups is 1. The van der Waals surface area contributed by atoms with Gasteiger partial charge in [-0.05, 0) is 34.7 Å². The second-order valence-electron chi connectivity index (χ2n) is 6.17. The van der Waals surface area contributed by atoms with Crippen molar-refractivity contribution in [3.05, 3.63) is 76.1 Å². The van der Waals surface area contributed by atoms with Crippen LogP contribution in [0.4, 0.5) is 0 Å². The summed E-state index contributed by atoms with van der Waals surface area (Å²) in [6.45, 7) is 1.73. The van der Waals surface area contributed by atoms with Gasteiger partial charge in [-0.2, -0.15) is 4.68 Å². The van der Waals surface area contributed by atoms with Gasteiger partial charge in [-0.25, -0.2) is 4.79 Å². The van der Waals surface area contributed by atoms with E-state index in [1.807, 2.05) is 66.9 Å². The Morgan fingerprint density at radius 3 is 2.81 bits per heavy atom. The summed E-state index contributed by atoms with van der Waals surface area (Å²) in [6, 6.07) is 17.5. The molecule has 0 spiro atoms. The van der Waals surface area contributed by atoms with Crippen molar-refractivity contribution >= 4 is 28.0 Å². The van der Waals surface area contributed by atoms with Crippen LogP contribution < -0.4 is 11.1 Å². The monoisotopic (exact) mass is 379 g/mol. The molecule has 136 valence electrons. The predicted molar refractivity (Wildman–Crippen MR) is 105 cm³/mol. The molecular formula is C20H17N3O3S. The number of nitrogens with zero attached hydrogens (tertiary/aromatic N) is 2. The second kappa shape index (κ2) is 7.20. The number of fused-ring (bicyclic) bond motifs is 1. The normalized spacial score (nSPS) is 12.2. The Bertz CT molecular complexity index is 1140. The molecule has 1 N–H and O–H groups in total. The Morgan fingerprint density at radius 2 is 2.00 bits per heavy atom. The molecular weight excluding hydrogens is 362 g/mol. The van der Waals surface area contributed by atoms with E-state index in [0.29, 0.717) is 0 Å². The van der Waals surface area contributed by atoms with E-state index in [9.17, 15) is 9.59 Å². The maximum atomic E-state index is 12.4. The van der Waals surface area contributed by atoms with Crippen molar-refractivity contribution in [2.24, 2.45) is 0 Å². The van der Waals surface area contributed by atoms with Crippen molar-refractivity contribution in [3.8, 4) is 10.8 Å². The summed E-state index contributed by atoms with van der Waals surface area (Å²) < 4.78 is 6.18. The quantitative estimate of drug-likeness (QED) is 0.575. The van der Waals surface area contributed by atoms with Crippen LogP contribution in [-0.4, -0.2) is 15.7 Å². The van der Waals surface area contributed by atoms with Gasteiger partial charge in [0.1, 0.15) is 6.54 Å². The minimum Gasteiger partial charge on any atom is -0.387 e. The Labute approximate surface area is 159 Å². The van der Waals surface area contributed by atoms with E-state index < -0.39 is 5.76 Å². The molecule has 0 aliphatic rings. The smallest absolute Gasteiger partial charge is 0.387 e. The zero-order valence-electron chi connectivity index (χ0n) is 14.6. The zero-order valence-corrected chi connectivity index (χ0v) is 15.4. The van der Waals surface area contributed by atoms with E-state index >= 15 is 0 Å². The number of aromatic nitrogens is 2. The number of rotatable bonds is 5. The average molecular weight is 379 g/mol. The number of thiophene rings is 1. The molecule has 7 heteroatoms. The summed E-state index contributed by atoms with van der Waals surface area (Å²) in [5.41, 5.74) is 1.02. The standard InChI is InChI=1S/C20H17N3O3S/c1-13(15-9-4-7-14-6-2-3-8-16(14)15)21-18(24)12-23-20(25)26-19(22-23)17-10-5-11-27-17/h2-11,13H,12H2,1H3,(H,21,24)/t13-/m0/s1. The number of benzene rings is 2. The lowest BCUT2D eigenvalue weighted by Gasteiger charge is -2.16. The summed E-state index contributed by atoms with van der Waals surface area (Å²) in [4.78, 5) is 25.1. The van der Waals surface area contributed by atoms with Gasteiger partial charge in [-0.15, -0.1) is 16.4 Å². The fourth-order valence-corrected chi connectivity index (χ4v) is 3.68. The van der Waals surface area contributed by atoms with Crippen molar-refractivity contribution in [2.75, 3.05) is 0 Å². The van der Waals surface area contributed by atoms with Gasteiger partial charge in [-0.3, -0.25) is 4.79 Å². The largest absolute Gasteiger partial charge is 0.437 e. The van der Waals surface area contributed by atoms with Crippen LogP contribution in [0.25, 0.3) is 21.5 Å². The van der Waals surface area contributed by atoms with E-state index in [2.05, 4.69) is 10.4 Å². The lowest BCUT2D eigenvalue weighted by Crippen LogP contribution is -2.33. The number of carbonyl (C=O) groups excluding carboxylic acids is 1. The molecule has 0 aliphatic carbocycles. The van der Waals surface area contributed by atoms with Crippen molar-refractivity contribution in [3.63, 3.8) is 0 Å². The van der Waals surface area contributed by atoms with E-state index in [0.717, 1.165) is 25.9 Å². The molecule has 6 nitrogen and oxygen atoms in total. The van der Waals surface area contributed by atoms with Crippen LogP contribution in [0, 0.1) is 0 Å². The molecule has 1 atom stereocenters. The summed E-state index contributed by atoms with van der Waals surface area (Å²) in [5.74, 6) is -0.722. The molecule has 0 aliphatic heterocycles. The third kappa shape index (κ3) is 3.54. The summed E-state index contributed by atoms with van der Waals surface area (Å²) in [6.07, 6.45) is 0. The summed E-state index contributed by atoms with van der Waals surface area (Å²) in [5, 5.41) is 11.1. The molecule has 0 radical (unpaired) electrons. The second-order valence-corrected chi connectivity index (χ2v) is 7.11. The predicted octanol–water partition coefficient (Wildman–Crippen LogP) is 3.60. The number of amides is 1. The highest BCUT2D eigenvalue weighted by Gasteiger charge is 2.16. The van der Waals surface area contributed by atoms with Crippen LogP contribution in [0.1, 0.15) is 18.5 Å². The Morgan fingerprint density at radius 1 is 1.19 bits per heavy atom. The minimum absolute atomic E-state index is 0.192. The van der Waals surface area contributed by atoms with E-state index in [-0.39, 0.29) is 24.4 Å². The van der Waals surface area contributed by atoms with Crippen LogP contribution in [0.5, 0.6) is 0 Å². The third-order valence-electron chi connectivity index (χ3n) is 4.30. The first-order valence-corrected chi connectivity index (χ1v) is 9.38. The fourth-order valence-electron chi connectivity index (χ4n) is 3.03. The first kappa shape index (κ1) is 17.2. The molecule has 0 saturated carbocycles. The van der Waals surface area contributed by atoms with Crippen LogP contribution in [0.15, 0.2) is 69.2 Å². The number of hydrogen-bond acceptors (Lipinski definition) is 5. The number of hydrogen-bond donors (Lipinski definition) is 1. The molecule has 0 fully saturated rings. The molecule has 0 unspecified atom stereocenters. The van der Waals surface area contributed by atoms with Crippen molar-refractivity contribution < 1.29 is 9.21 Å². The highest BCUT2D eigenvalue weighted by Crippen LogP contribution is 2.24. The molecule has 4 rings (SSSR count). The van der Waals surface area contributed by atoms with Crippen molar-refractivity contribution in [1.29, 1.82) is 0 Å². The zero-order chi connectivity index (χ0) is 18.8. The maximum Gasteiger partial charge on any atom is 0.437 e. The van der Waals surface area contributed by atoms with Gasteiger partial charge in [0.25, 0.3) is 5.89 Å². The lowest BCUT2D eigenvalue weighted by molar-refractivity contribution is -0.122. The van der Waals surface area contributed by atoms with Crippen LogP contribution in [0.2, 0.25) is 0 Å². The van der Waals surface area contributed by atoms with Crippen LogP contribution in [0.3, 0.4) is 0 Å². The van der Waals surface area contributed by atoms with Crippen molar-refractivity contribution in [1.82, 2.24) is 15.1 Å². The van der Waals surface area contributed by atoms with E-state index in [1.165, 1.54) is 11.3 Å². The lowest BCUT2D eigenvalue weighted by atomic mass is 10.00. The van der Waals surface area contributed by atoms with Crippen LogP contribution >= 0.6 is 11.3 Å². The average Bonchev–Trinajstić information content (AvgIpc) is 3.31. The SMILES string of the molecule is C[C@H](NC(=O)Cn1nc(-c2cccs2)oc1=O)c1cccc2ccccc12. The topological polar surface area (TPSA) is 77.1 Å². The van der Waals surface area contributed by atoms with Crippen LogP contribution in [-0.2, 0) is 11.3 Å². The van der Waals surface area contributed by atoms with Gasteiger partial charge in [0.05, 0.1) is 10.9 Å². The van der Waals surface area contributed by atoms with E-state index in [4.69, 9.17) is 4.42 Å². The van der Waals surface area contributed by atoms with Gasteiger partial charge in [-0.1, -0.05) is 48.5 Å². The summed E-state index contributed by atoms with van der Waals surface area (Å²) >= 11 is 1.42. The highest BCUT2D eigenvalue weighted by molar-refractivity contribution is 7.13. The molecule has 2 aromatic heterocycles. The van der Waals surface area contributed by atoms with Gasteiger partial charge < -0.3 is 9.73 Å². The Kier molecular flexibility index (Phi) is 4.60. The molecule has 1 amide bonds. The Hall–Kier alpha value is -3.19. The third-order valence-corrected chi connectivity index (χ3v) is 5.16. The number of nitrogens with one attached hydrogen (secondary N) is 1. The first-order valence-electron chi connectivity index (χ1n) is 8.50. The molecule has 0 bridgehead atoms. The molecule has 0 saturated heterocycles. The van der Waals surface area contributed by atoms with Gasteiger partial charge in [0.15, 0.2) is 0 Å². The van der Waals surface area contributed by atoms with Gasteiger partial charge in [0, 0.05) is 0 Å². The van der Waals surface area contributed by atoms with Gasteiger partial charge >= 0.3 is 5.76 Å². The van der Waals surface area contributed by atoms with E-state index in [1.54, 1.807) is 0 Å². The molecule has 4 aromatic rings. The highest BCUT2D eigenvalue weighted by atomic mass is 32.1. The summed E-state index contributed by atoms with van der Waals surface area (Å²) in [7, 11) is 0. The van der Waals surface area contributed by atoms with Crippen molar-refractivity contribution in [2.45, 2.75) is 19.5 Å². The molecule has 27 heavy (non-hydrogen) atoms. The van der Waals surface area contributed by atoms with Gasteiger partial charge in [0.2, 0.25) is 5.91 Å². The fraction of sp³-hybridized carbons (Fsp3) is 0.150. The molecule has 2 aromatic carbocycles. The minimum atomic E-state index is -0.647. The first-order chi connectivity index (χ1) is 13.1. The maximum absolute atomic E-state index is 12.4. The Balaban J connectivity index is 1.50. The molecule has 2 heterocycles.